The molecule has 1 aromatic rings. The first-order chi connectivity index (χ1) is 11.2. The van der Waals surface area contributed by atoms with Crippen LogP contribution in [0.25, 0.3) is 0 Å². The van der Waals surface area contributed by atoms with Crippen LogP contribution in [-0.4, -0.2) is 52.1 Å². The highest BCUT2D eigenvalue weighted by Crippen LogP contribution is 2.38. The molecular formula is C17H27N3O3. The van der Waals surface area contributed by atoms with Crippen LogP contribution in [0.3, 0.4) is 0 Å². The number of aromatic nitrogens is 2. The molecule has 0 radical (unpaired) electrons. The van der Waals surface area contributed by atoms with Gasteiger partial charge in [0, 0.05) is 24.4 Å². The molecule has 2 aliphatic carbocycles. The summed E-state index contributed by atoms with van der Waals surface area (Å²) in [5.74, 6) is 1.25. The van der Waals surface area contributed by atoms with Crippen molar-refractivity contribution in [2.75, 3.05) is 19.7 Å². The summed E-state index contributed by atoms with van der Waals surface area (Å²) in [4.78, 5) is 8.12. The largest absolute Gasteiger partial charge is 0.476 e. The Bertz CT molecular complexity index is 469. The van der Waals surface area contributed by atoms with Crippen molar-refractivity contribution in [2.24, 2.45) is 11.3 Å². The average Bonchev–Trinajstić information content (AvgIpc) is 3.16. The Morgan fingerprint density at radius 1 is 1.17 bits per heavy atom. The predicted molar refractivity (Wildman–Crippen MR) is 86.0 cm³/mol. The van der Waals surface area contributed by atoms with Crippen molar-refractivity contribution in [1.82, 2.24) is 15.3 Å². The minimum atomic E-state index is -0.672. The fraction of sp³-hybridized carbons (Fsp3) is 0.765. The fourth-order valence-corrected chi connectivity index (χ4v) is 3.90. The topological polar surface area (TPSA) is 87.5 Å². The summed E-state index contributed by atoms with van der Waals surface area (Å²) in [5.41, 5.74) is -0.255. The molecule has 0 aromatic carbocycles. The molecule has 3 rings (SSSR count). The molecule has 0 bridgehead atoms. The maximum Gasteiger partial charge on any atom is 0.232 e. The van der Waals surface area contributed by atoms with Crippen LogP contribution >= 0.6 is 0 Å². The Balaban J connectivity index is 1.55. The van der Waals surface area contributed by atoms with Crippen LogP contribution in [0, 0.1) is 11.3 Å². The molecule has 2 fully saturated rings. The molecule has 23 heavy (non-hydrogen) atoms. The molecule has 1 aromatic heterocycles. The van der Waals surface area contributed by atoms with Gasteiger partial charge in [-0.15, -0.1) is 0 Å². The highest BCUT2D eigenvalue weighted by Gasteiger charge is 2.44. The van der Waals surface area contributed by atoms with E-state index in [4.69, 9.17) is 4.74 Å². The smallest absolute Gasteiger partial charge is 0.232 e. The minimum Gasteiger partial charge on any atom is -0.476 e. The molecule has 2 unspecified atom stereocenters. The lowest BCUT2D eigenvalue weighted by Crippen LogP contribution is -2.39. The molecule has 1 heterocycles. The molecule has 0 saturated heterocycles. The third kappa shape index (κ3) is 4.40. The lowest BCUT2D eigenvalue weighted by molar-refractivity contribution is 0.0438. The number of nitrogens with zero attached hydrogens (tertiary/aromatic N) is 2. The van der Waals surface area contributed by atoms with E-state index in [0.29, 0.717) is 25.3 Å². The van der Waals surface area contributed by atoms with Gasteiger partial charge in [0.05, 0.1) is 25.0 Å². The second-order valence-corrected chi connectivity index (χ2v) is 7.16. The SMILES string of the molecule is OC1CC(CNCC2CCCC2)(COc2cnccn2)CC1O. The maximum atomic E-state index is 9.98. The molecule has 0 spiro atoms. The zero-order chi connectivity index (χ0) is 16.1. The van der Waals surface area contributed by atoms with Crippen molar-refractivity contribution in [3.63, 3.8) is 0 Å². The third-order valence-corrected chi connectivity index (χ3v) is 5.20. The first-order valence-electron chi connectivity index (χ1n) is 8.63. The molecule has 0 amide bonds. The van der Waals surface area contributed by atoms with Gasteiger partial charge in [0.2, 0.25) is 5.88 Å². The van der Waals surface area contributed by atoms with Gasteiger partial charge in [-0.1, -0.05) is 12.8 Å². The number of nitrogens with one attached hydrogen (secondary N) is 1. The second-order valence-electron chi connectivity index (χ2n) is 7.16. The van der Waals surface area contributed by atoms with E-state index in [9.17, 15) is 10.2 Å². The van der Waals surface area contributed by atoms with Crippen molar-refractivity contribution in [2.45, 2.75) is 50.7 Å². The summed E-state index contributed by atoms with van der Waals surface area (Å²) < 4.78 is 5.78. The predicted octanol–water partition coefficient (Wildman–Crippen LogP) is 1.14. The minimum absolute atomic E-state index is 0.255. The summed E-state index contributed by atoms with van der Waals surface area (Å²) in [6, 6.07) is 0. The van der Waals surface area contributed by atoms with Crippen LogP contribution in [0.2, 0.25) is 0 Å². The van der Waals surface area contributed by atoms with Gasteiger partial charge in [-0.3, -0.25) is 4.98 Å². The average molecular weight is 321 g/mol. The lowest BCUT2D eigenvalue weighted by Gasteiger charge is -2.29. The van der Waals surface area contributed by atoms with E-state index in [1.807, 2.05) is 0 Å². The summed E-state index contributed by atoms with van der Waals surface area (Å²) in [6.45, 7) is 2.19. The highest BCUT2D eigenvalue weighted by molar-refractivity contribution is 5.03. The van der Waals surface area contributed by atoms with Crippen molar-refractivity contribution < 1.29 is 14.9 Å². The van der Waals surface area contributed by atoms with Gasteiger partial charge in [-0.25, -0.2) is 4.98 Å². The Morgan fingerprint density at radius 3 is 2.57 bits per heavy atom. The van der Waals surface area contributed by atoms with E-state index < -0.39 is 12.2 Å². The summed E-state index contributed by atoms with van der Waals surface area (Å²) >= 11 is 0. The second kappa shape index (κ2) is 7.55. The molecular weight excluding hydrogens is 294 g/mol. The third-order valence-electron chi connectivity index (χ3n) is 5.20. The van der Waals surface area contributed by atoms with Gasteiger partial charge >= 0.3 is 0 Å². The monoisotopic (exact) mass is 321 g/mol. The van der Waals surface area contributed by atoms with E-state index >= 15 is 0 Å². The molecule has 6 nitrogen and oxygen atoms in total. The summed E-state index contributed by atoms with van der Waals surface area (Å²) in [5, 5.41) is 23.5. The normalized spacial score (nSPS) is 31.6. The Morgan fingerprint density at radius 2 is 1.91 bits per heavy atom. The van der Waals surface area contributed by atoms with Gasteiger partial charge in [0.1, 0.15) is 0 Å². The van der Waals surface area contributed by atoms with Gasteiger partial charge in [0.25, 0.3) is 0 Å². The van der Waals surface area contributed by atoms with Crippen LogP contribution in [-0.2, 0) is 0 Å². The van der Waals surface area contributed by atoms with Gasteiger partial charge in [-0.05, 0) is 38.1 Å². The first kappa shape index (κ1) is 16.6. The number of hydrogen-bond acceptors (Lipinski definition) is 6. The number of ether oxygens (including phenoxy) is 1. The van der Waals surface area contributed by atoms with Crippen molar-refractivity contribution in [3.8, 4) is 5.88 Å². The quantitative estimate of drug-likeness (QED) is 0.698. The van der Waals surface area contributed by atoms with Crippen molar-refractivity contribution in [3.05, 3.63) is 18.6 Å². The van der Waals surface area contributed by atoms with Crippen LogP contribution in [0.15, 0.2) is 18.6 Å². The number of rotatable bonds is 7. The zero-order valence-corrected chi connectivity index (χ0v) is 13.5. The fourth-order valence-electron chi connectivity index (χ4n) is 3.90. The van der Waals surface area contributed by atoms with Gasteiger partial charge < -0.3 is 20.3 Å². The molecule has 128 valence electrons. The summed E-state index contributed by atoms with van der Waals surface area (Å²) in [6.07, 6.45) is 9.83. The van der Waals surface area contributed by atoms with E-state index in [1.54, 1.807) is 18.6 Å². The maximum absolute atomic E-state index is 9.98. The lowest BCUT2D eigenvalue weighted by atomic mass is 9.86. The zero-order valence-electron chi connectivity index (χ0n) is 13.5. The van der Waals surface area contributed by atoms with Gasteiger partial charge in [0.15, 0.2) is 0 Å². The number of aliphatic hydroxyl groups is 2. The van der Waals surface area contributed by atoms with Crippen LogP contribution < -0.4 is 10.1 Å². The standard InChI is InChI=1S/C17H27N3O3/c21-14-7-17(8-15(14)22,11-19-9-13-3-1-2-4-13)12-23-16-10-18-5-6-20-16/h5-6,10,13-15,19,21-22H,1-4,7-9,11-12H2. The van der Waals surface area contributed by atoms with Crippen LogP contribution in [0.5, 0.6) is 5.88 Å². The molecule has 0 aliphatic heterocycles. The summed E-state index contributed by atoms with van der Waals surface area (Å²) in [7, 11) is 0. The van der Waals surface area contributed by atoms with Crippen molar-refractivity contribution in [1.29, 1.82) is 0 Å². The molecule has 2 aliphatic rings. The molecule has 2 saturated carbocycles. The Hall–Kier alpha value is -1.24. The highest BCUT2D eigenvalue weighted by atomic mass is 16.5. The molecule has 2 atom stereocenters. The van der Waals surface area contributed by atoms with E-state index in [0.717, 1.165) is 19.0 Å². The van der Waals surface area contributed by atoms with Crippen LogP contribution in [0.1, 0.15) is 38.5 Å². The first-order valence-corrected chi connectivity index (χ1v) is 8.63. The van der Waals surface area contributed by atoms with Crippen molar-refractivity contribution >= 4 is 0 Å². The van der Waals surface area contributed by atoms with Crippen LogP contribution in [0.4, 0.5) is 0 Å². The van der Waals surface area contributed by atoms with E-state index in [1.165, 1.54) is 25.7 Å². The van der Waals surface area contributed by atoms with Gasteiger partial charge in [-0.2, -0.15) is 0 Å². The van der Waals surface area contributed by atoms with E-state index in [2.05, 4.69) is 15.3 Å². The number of hydrogen-bond donors (Lipinski definition) is 3. The Labute approximate surface area is 137 Å². The van der Waals surface area contributed by atoms with E-state index in [-0.39, 0.29) is 5.41 Å². The number of aliphatic hydroxyl groups excluding tert-OH is 2. The molecule has 3 N–H and O–H groups in total. The molecule has 6 heteroatoms. The Kier molecular flexibility index (Phi) is 5.46.